The molecule has 3 amide bonds. The van der Waals surface area contributed by atoms with Gasteiger partial charge in [-0.1, -0.05) is 12.2 Å². The number of amides is 3. The summed E-state index contributed by atoms with van der Waals surface area (Å²) in [7, 11) is 3.29. The van der Waals surface area contributed by atoms with Gasteiger partial charge in [0, 0.05) is 61.3 Å². The lowest BCUT2D eigenvalue weighted by Gasteiger charge is -2.25. The lowest BCUT2D eigenvalue weighted by Crippen LogP contribution is -2.55. The molecule has 1 fully saturated rings. The van der Waals surface area contributed by atoms with Crippen molar-refractivity contribution in [3.8, 4) is 22.8 Å². The Kier molecular flexibility index (Phi) is 9.07. The Morgan fingerprint density at radius 3 is 2.77 bits per heavy atom. The highest BCUT2D eigenvalue weighted by atomic mass is 16.5. The maximum Gasteiger partial charge on any atom is 0.330 e. The zero-order valence-electron chi connectivity index (χ0n) is 25.6. The first kappa shape index (κ1) is 30.8. The molecule has 0 saturated heterocycles. The molecular weight excluding hydrogens is 564 g/mol. The predicted molar refractivity (Wildman–Crippen MR) is 165 cm³/mol. The van der Waals surface area contributed by atoms with E-state index in [2.05, 4.69) is 15.7 Å². The van der Waals surface area contributed by atoms with Gasteiger partial charge in [-0.05, 0) is 51.7 Å². The number of fused-ring (bicyclic) bond motifs is 2. The maximum atomic E-state index is 13.5. The molecule has 3 heterocycles. The molecule has 0 spiro atoms. The molecule has 1 aliphatic carbocycles. The summed E-state index contributed by atoms with van der Waals surface area (Å²) in [5, 5.41) is 20.7. The van der Waals surface area contributed by atoms with Crippen molar-refractivity contribution in [3.63, 3.8) is 0 Å². The second-order valence-corrected chi connectivity index (χ2v) is 11.4. The predicted octanol–water partition coefficient (Wildman–Crippen LogP) is 3.91. The van der Waals surface area contributed by atoms with Gasteiger partial charge in [0.25, 0.3) is 0 Å². The number of nitrogens with one attached hydrogen (secondary N) is 2. The number of urea groups is 1. The van der Waals surface area contributed by atoms with Crippen LogP contribution in [0, 0.1) is 12.8 Å². The second-order valence-electron chi connectivity index (χ2n) is 11.4. The topological polar surface area (TPSA) is 148 Å². The molecule has 3 aromatic rings. The number of aliphatic carboxylic acids is 1. The van der Waals surface area contributed by atoms with E-state index in [9.17, 15) is 19.5 Å². The van der Waals surface area contributed by atoms with E-state index in [4.69, 9.17) is 14.5 Å². The Balaban J connectivity index is 1.41. The van der Waals surface area contributed by atoms with Gasteiger partial charge < -0.3 is 30.1 Å². The fourth-order valence-corrected chi connectivity index (χ4v) is 5.59. The van der Waals surface area contributed by atoms with Crippen molar-refractivity contribution >= 4 is 28.8 Å². The van der Waals surface area contributed by atoms with Gasteiger partial charge >= 0.3 is 12.0 Å². The molecule has 1 aromatic carbocycles. The molecule has 2 aliphatic rings. The molecule has 3 N–H and O–H groups in total. The Morgan fingerprint density at radius 1 is 1.23 bits per heavy atom. The molecule has 5 rings (SSSR count). The number of ether oxygens (including phenoxy) is 2. The van der Waals surface area contributed by atoms with Gasteiger partial charge in [0.1, 0.15) is 23.1 Å². The van der Waals surface area contributed by atoms with E-state index in [1.54, 1.807) is 25.3 Å². The average molecular weight is 605 g/mol. The average Bonchev–Trinajstić information content (AvgIpc) is 3.49. The van der Waals surface area contributed by atoms with Crippen LogP contribution < -0.4 is 20.1 Å². The SMILES string of the molecule is CCn1cc(-c2cc(OCC[C@@H]3NC(=O)N(C)CCCC/C=C\[C@@H]4C[C@@]4(C(=O)O)NC3=O)c3ccc(OC)c(C)c3n2)cn1. The molecule has 234 valence electrons. The van der Waals surface area contributed by atoms with E-state index in [0.717, 1.165) is 35.8 Å². The van der Waals surface area contributed by atoms with Crippen molar-refractivity contribution in [2.45, 2.75) is 64.1 Å². The zero-order chi connectivity index (χ0) is 31.4. The van der Waals surface area contributed by atoms with Crippen LogP contribution in [0.1, 0.15) is 44.6 Å². The van der Waals surface area contributed by atoms with Gasteiger partial charge in [-0.2, -0.15) is 5.10 Å². The monoisotopic (exact) mass is 604 g/mol. The fourth-order valence-electron chi connectivity index (χ4n) is 5.59. The molecule has 12 heteroatoms. The van der Waals surface area contributed by atoms with Crippen molar-refractivity contribution in [2.24, 2.45) is 5.92 Å². The number of allylic oxidation sites excluding steroid dienone is 1. The molecule has 1 aliphatic heterocycles. The Bertz CT molecular complexity index is 1580. The van der Waals surface area contributed by atoms with Crippen LogP contribution in [0.4, 0.5) is 4.79 Å². The fraction of sp³-hybridized carbons (Fsp3) is 0.469. The highest BCUT2D eigenvalue weighted by Gasteiger charge is 2.60. The summed E-state index contributed by atoms with van der Waals surface area (Å²) in [6.45, 7) is 5.26. The molecule has 0 unspecified atom stereocenters. The molecule has 0 radical (unpaired) electrons. The summed E-state index contributed by atoms with van der Waals surface area (Å²) in [5.41, 5.74) is 1.69. The summed E-state index contributed by atoms with van der Waals surface area (Å²) >= 11 is 0. The van der Waals surface area contributed by atoms with Crippen LogP contribution in [0.5, 0.6) is 11.5 Å². The van der Waals surface area contributed by atoms with Crippen LogP contribution >= 0.6 is 0 Å². The number of rotatable bonds is 8. The number of pyridine rings is 1. The smallest absolute Gasteiger partial charge is 0.330 e. The van der Waals surface area contributed by atoms with Crippen molar-refractivity contribution < 1.29 is 29.0 Å². The first-order valence-corrected chi connectivity index (χ1v) is 15.0. The molecule has 2 aromatic heterocycles. The standard InChI is InChI=1S/C32H40N6O6/c1-5-38-19-21(18-33-38)25-16-27(23-11-12-26(43-4)20(2)28(23)34-25)44-15-13-24-29(39)36-32(30(40)41)17-22(32)10-8-6-7-9-14-37(3)31(42)35-24/h8,10-12,16,18-19,22,24H,5-7,9,13-15,17H2,1-4H3,(H,35,42)(H,36,39)(H,40,41)/b10-8-/t22-,24+,32-/m1/s1. The van der Waals surface area contributed by atoms with E-state index in [-0.39, 0.29) is 18.9 Å². The third kappa shape index (κ3) is 6.34. The number of nitrogens with zero attached hydrogens (tertiary/aromatic N) is 4. The molecular formula is C32H40N6O6. The van der Waals surface area contributed by atoms with E-state index < -0.39 is 29.5 Å². The number of hydrogen-bond acceptors (Lipinski definition) is 7. The summed E-state index contributed by atoms with van der Waals surface area (Å²) in [5.74, 6) is -0.682. The summed E-state index contributed by atoms with van der Waals surface area (Å²) in [4.78, 5) is 45.2. The Hall–Kier alpha value is -4.61. The van der Waals surface area contributed by atoms with Crippen LogP contribution in [0.25, 0.3) is 22.2 Å². The van der Waals surface area contributed by atoms with Crippen LogP contribution in [0.2, 0.25) is 0 Å². The lowest BCUT2D eigenvalue weighted by molar-refractivity contribution is -0.143. The number of benzene rings is 1. The number of carbonyl (C=O) groups is 3. The van der Waals surface area contributed by atoms with E-state index >= 15 is 0 Å². The second kappa shape index (κ2) is 12.9. The van der Waals surface area contributed by atoms with E-state index in [1.807, 2.05) is 55.1 Å². The van der Waals surface area contributed by atoms with Crippen LogP contribution in [0.3, 0.4) is 0 Å². The number of hydrogen-bond donors (Lipinski definition) is 3. The quantitative estimate of drug-likeness (QED) is 0.328. The van der Waals surface area contributed by atoms with Crippen LogP contribution in [-0.2, 0) is 16.1 Å². The minimum atomic E-state index is -1.37. The van der Waals surface area contributed by atoms with E-state index in [0.29, 0.717) is 42.2 Å². The minimum absolute atomic E-state index is 0.0728. The van der Waals surface area contributed by atoms with Gasteiger partial charge in [-0.3, -0.25) is 9.48 Å². The zero-order valence-corrected chi connectivity index (χ0v) is 25.6. The minimum Gasteiger partial charge on any atom is -0.496 e. The number of carboxylic acids is 1. The van der Waals surface area contributed by atoms with Gasteiger partial charge in [-0.15, -0.1) is 0 Å². The van der Waals surface area contributed by atoms with Gasteiger partial charge in [0.15, 0.2) is 0 Å². The molecule has 0 bridgehead atoms. The van der Waals surface area contributed by atoms with Crippen LogP contribution in [0.15, 0.2) is 42.7 Å². The number of aryl methyl sites for hydroxylation is 2. The maximum absolute atomic E-state index is 13.5. The Morgan fingerprint density at radius 2 is 2.05 bits per heavy atom. The number of aromatic nitrogens is 3. The first-order valence-electron chi connectivity index (χ1n) is 15.0. The molecule has 1 saturated carbocycles. The molecule has 3 atom stereocenters. The van der Waals surface area contributed by atoms with Crippen molar-refractivity contribution in [1.29, 1.82) is 0 Å². The van der Waals surface area contributed by atoms with Crippen molar-refractivity contribution in [2.75, 3.05) is 27.3 Å². The number of carbonyl (C=O) groups excluding carboxylic acids is 2. The number of methoxy groups -OCH3 is 1. The van der Waals surface area contributed by atoms with Gasteiger partial charge in [-0.25, -0.2) is 14.6 Å². The lowest BCUT2D eigenvalue weighted by atomic mass is 10.1. The Labute approximate surface area is 256 Å². The number of carboxylic acid groups (broad SMARTS) is 1. The van der Waals surface area contributed by atoms with Crippen LogP contribution in [-0.4, -0.2) is 81.6 Å². The van der Waals surface area contributed by atoms with Crippen molar-refractivity contribution in [3.05, 3.63) is 48.3 Å². The third-order valence-corrected chi connectivity index (χ3v) is 8.47. The van der Waals surface area contributed by atoms with E-state index in [1.165, 1.54) is 0 Å². The molecule has 12 nitrogen and oxygen atoms in total. The van der Waals surface area contributed by atoms with Gasteiger partial charge in [0.05, 0.1) is 31.1 Å². The first-order chi connectivity index (χ1) is 21.2. The highest BCUT2D eigenvalue weighted by Crippen LogP contribution is 2.45. The summed E-state index contributed by atoms with van der Waals surface area (Å²) < 4.78 is 13.6. The largest absolute Gasteiger partial charge is 0.496 e. The van der Waals surface area contributed by atoms with Crippen molar-refractivity contribution in [1.82, 2.24) is 30.3 Å². The normalized spacial score (nSPS) is 23.2. The summed E-state index contributed by atoms with van der Waals surface area (Å²) in [6, 6.07) is 4.17. The van der Waals surface area contributed by atoms with Gasteiger partial charge in [0.2, 0.25) is 5.91 Å². The molecule has 44 heavy (non-hydrogen) atoms. The highest BCUT2D eigenvalue weighted by molar-refractivity contribution is 5.94. The third-order valence-electron chi connectivity index (χ3n) is 8.47. The summed E-state index contributed by atoms with van der Waals surface area (Å²) in [6.07, 6.45) is 10.4.